The highest BCUT2D eigenvalue weighted by Gasteiger charge is 2.08. The van der Waals surface area contributed by atoms with Crippen LogP contribution in [0.3, 0.4) is 0 Å². The second-order valence-corrected chi connectivity index (χ2v) is 3.02. The van der Waals surface area contributed by atoms with Crippen LogP contribution in [0.5, 0.6) is 0 Å². The number of methoxy groups -OCH3 is 1. The molecule has 76 valence electrons. The van der Waals surface area contributed by atoms with E-state index in [1.54, 1.807) is 12.3 Å². The van der Waals surface area contributed by atoms with Gasteiger partial charge in [0.25, 0.3) is 0 Å². The van der Waals surface area contributed by atoms with Gasteiger partial charge in [0.1, 0.15) is 6.20 Å². The number of hydrogen-bond acceptors (Lipinski definition) is 3. The van der Waals surface area contributed by atoms with E-state index in [1.165, 1.54) is 13.3 Å². The first kappa shape index (κ1) is 10.6. The molecule has 0 radical (unpaired) electrons. The molecule has 0 aliphatic heterocycles. The fourth-order valence-electron chi connectivity index (χ4n) is 1.08. The highest BCUT2D eigenvalue weighted by molar-refractivity contribution is 5.88. The number of nitrogens with zero attached hydrogens (tertiary/aromatic N) is 2. The number of hydrogen-bond donors (Lipinski definition) is 0. The zero-order valence-electron chi connectivity index (χ0n) is 8.56. The monoisotopic (exact) mass is 195 g/mol. The molecule has 0 N–H and O–H groups in total. The minimum Gasteiger partial charge on any atom is -0.465 e. The van der Waals surface area contributed by atoms with E-state index in [9.17, 15) is 4.79 Å². The molecule has 0 amide bonds. The second kappa shape index (κ2) is 5.32. The zero-order valence-corrected chi connectivity index (χ0v) is 8.56. The van der Waals surface area contributed by atoms with E-state index in [1.807, 2.05) is 4.68 Å². The van der Waals surface area contributed by atoms with Gasteiger partial charge in [0, 0.05) is 12.5 Å². The Morgan fingerprint density at radius 1 is 1.64 bits per heavy atom. The summed E-state index contributed by atoms with van der Waals surface area (Å²) in [6.07, 6.45) is 5.55. The molecule has 14 heavy (non-hydrogen) atoms. The van der Waals surface area contributed by atoms with Gasteiger partial charge in [-0.15, -0.1) is 0 Å². The van der Waals surface area contributed by atoms with Crippen LogP contribution in [-0.2, 0) is 11.3 Å². The van der Waals surface area contributed by atoms with Crippen molar-refractivity contribution in [1.82, 2.24) is 5.10 Å². The Morgan fingerprint density at radius 2 is 2.43 bits per heavy atom. The molecule has 4 nitrogen and oxygen atoms in total. The molecule has 1 rings (SSSR count). The number of carbonyl (C=O) groups is 1. The summed E-state index contributed by atoms with van der Waals surface area (Å²) in [7, 11) is 1.36. The number of aryl methyl sites for hydroxylation is 1. The molecule has 0 unspecified atom stereocenters. The molecule has 1 heterocycles. The molecule has 1 aromatic heterocycles. The van der Waals surface area contributed by atoms with Gasteiger partial charge in [-0.05, 0) is 5.10 Å². The summed E-state index contributed by atoms with van der Waals surface area (Å²) in [5, 5.41) is 4.10. The fraction of sp³-hybridized carbons (Fsp3) is 0.500. The first-order chi connectivity index (χ1) is 6.77. The lowest BCUT2D eigenvalue weighted by molar-refractivity contribution is -0.754. The number of esters is 1. The SMILES string of the molecule is CCCC[n+]1ccc(C(=O)OC)cn1. The quantitative estimate of drug-likeness (QED) is 0.531. The molecule has 0 bridgehead atoms. The largest absolute Gasteiger partial charge is 0.465 e. The van der Waals surface area contributed by atoms with Crippen LogP contribution in [-0.4, -0.2) is 18.2 Å². The van der Waals surface area contributed by atoms with Crippen LogP contribution in [0.25, 0.3) is 0 Å². The highest BCUT2D eigenvalue weighted by atomic mass is 16.5. The van der Waals surface area contributed by atoms with Gasteiger partial charge in [0.2, 0.25) is 0 Å². The van der Waals surface area contributed by atoms with Crippen molar-refractivity contribution in [2.45, 2.75) is 26.3 Å². The van der Waals surface area contributed by atoms with E-state index < -0.39 is 0 Å². The first-order valence-corrected chi connectivity index (χ1v) is 4.72. The minimum atomic E-state index is -0.347. The van der Waals surface area contributed by atoms with Gasteiger partial charge in [0.05, 0.1) is 12.7 Å². The molecule has 4 heteroatoms. The number of unbranched alkanes of at least 4 members (excludes halogenated alkanes) is 1. The predicted molar refractivity (Wildman–Crippen MR) is 50.7 cm³/mol. The average molecular weight is 195 g/mol. The lowest BCUT2D eigenvalue weighted by atomic mass is 10.3. The van der Waals surface area contributed by atoms with Gasteiger partial charge in [-0.2, -0.15) is 0 Å². The number of rotatable bonds is 4. The van der Waals surface area contributed by atoms with Crippen molar-refractivity contribution in [1.29, 1.82) is 0 Å². The molecule has 0 atom stereocenters. The lowest BCUT2D eigenvalue weighted by Gasteiger charge is -1.96. The average Bonchev–Trinajstić information content (AvgIpc) is 2.26. The Morgan fingerprint density at radius 3 is 2.93 bits per heavy atom. The normalized spacial score (nSPS) is 9.86. The molecule has 0 saturated carbocycles. The van der Waals surface area contributed by atoms with Gasteiger partial charge >= 0.3 is 5.97 Å². The van der Waals surface area contributed by atoms with E-state index >= 15 is 0 Å². The van der Waals surface area contributed by atoms with Crippen molar-refractivity contribution < 1.29 is 14.2 Å². The smallest absolute Gasteiger partial charge is 0.339 e. The summed E-state index contributed by atoms with van der Waals surface area (Å²) in [5.74, 6) is -0.347. The van der Waals surface area contributed by atoms with E-state index in [0.29, 0.717) is 5.56 Å². The van der Waals surface area contributed by atoms with Crippen molar-refractivity contribution in [3.8, 4) is 0 Å². The maximum absolute atomic E-state index is 11.1. The van der Waals surface area contributed by atoms with Crippen LogP contribution in [0.2, 0.25) is 0 Å². The molecule has 0 aliphatic carbocycles. The Bertz CT molecular complexity index is 295. The summed E-state index contributed by atoms with van der Waals surface area (Å²) >= 11 is 0. The van der Waals surface area contributed by atoms with Gasteiger partial charge in [-0.3, -0.25) is 0 Å². The molecular formula is C10H15N2O2+. The van der Waals surface area contributed by atoms with Crippen molar-refractivity contribution in [2.24, 2.45) is 0 Å². The highest BCUT2D eigenvalue weighted by Crippen LogP contribution is 1.95. The Labute approximate surface area is 83.5 Å². The Kier molecular flexibility index (Phi) is 4.04. The van der Waals surface area contributed by atoms with Crippen LogP contribution in [0.4, 0.5) is 0 Å². The van der Waals surface area contributed by atoms with Crippen molar-refractivity contribution >= 4 is 5.97 Å². The van der Waals surface area contributed by atoms with Crippen LogP contribution in [0.1, 0.15) is 30.1 Å². The Balaban J connectivity index is 2.63. The van der Waals surface area contributed by atoms with Crippen LogP contribution >= 0.6 is 0 Å². The second-order valence-electron chi connectivity index (χ2n) is 3.02. The summed E-state index contributed by atoms with van der Waals surface area (Å²) in [6, 6.07) is 1.72. The standard InChI is InChI=1S/C10H15N2O2/c1-3-4-6-12-7-5-9(8-11-12)10(13)14-2/h5,7-8H,3-4,6H2,1-2H3/q+1. The van der Waals surface area contributed by atoms with Crippen molar-refractivity contribution in [3.05, 3.63) is 24.0 Å². The molecule has 0 fully saturated rings. The minimum absolute atomic E-state index is 0.347. The lowest BCUT2D eigenvalue weighted by Crippen LogP contribution is -2.37. The third-order valence-corrected chi connectivity index (χ3v) is 1.93. The number of carbonyl (C=O) groups excluding carboxylic acids is 1. The third-order valence-electron chi connectivity index (χ3n) is 1.93. The summed E-state index contributed by atoms with van der Waals surface area (Å²) in [6.45, 7) is 3.02. The van der Waals surface area contributed by atoms with Crippen LogP contribution < -0.4 is 4.68 Å². The molecular weight excluding hydrogens is 180 g/mol. The van der Waals surface area contributed by atoms with Crippen LogP contribution in [0.15, 0.2) is 18.5 Å². The molecule has 1 aromatic rings. The van der Waals surface area contributed by atoms with Gasteiger partial charge < -0.3 is 4.74 Å². The summed E-state index contributed by atoms with van der Waals surface area (Å²) < 4.78 is 6.38. The van der Waals surface area contributed by atoms with Gasteiger partial charge in [-0.25, -0.2) is 4.79 Å². The molecule has 0 saturated heterocycles. The summed E-state index contributed by atoms with van der Waals surface area (Å²) in [4.78, 5) is 11.1. The molecule has 0 aromatic carbocycles. The maximum Gasteiger partial charge on any atom is 0.339 e. The van der Waals surface area contributed by atoms with E-state index in [0.717, 1.165) is 19.4 Å². The van der Waals surface area contributed by atoms with Crippen LogP contribution in [0, 0.1) is 0 Å². The van der Waals surface area contributed by atoms with Gasteiger partial charge in [0.15, 0.2) is 12.7 Å². The molecule has 0 spiro atoms. The van der Waals surface area contributed by atoms with E-state index in [2.05, 4.69) is 16.8 Å². The third kappa shape index (κ3) is 2.80. The van der Waals surface area contributed by atoms with E-state index in [-0.39, 0.29) is 5.97 Å². The zero-order chi connectivity index (χ0) is 10.4. The van der Waals surface area contributed by atoms with E-state index in [4.69, 9.17) is 0 Å². The number of ether oxygens (including phenoxy) is 1. The predicted octanol–water partition coefficient (Wildman–Crippen LogP) is 0.956. The topological polar surface area (TPSA) is 43.1 Å². The summed E-state index contributed by atoms with van der Waals surface area (Å²) in [5.41, 5.74) is 0.486. The van der Waals surface area contributed by atoms with Crippen molar-refractivity contribution in [2.75, 3.05) is 7.11 Å². The maximum atomic E-state index is 11.1. The molecule has 0 aliphatic rings. The first-order valence-electron chi connectivity index (χ1n) is 4.72. The Hall–Kier alpha value is -1.45. The van der Waals surface area contributed by atoms with Gasteiger partial charge in [-0.1, -0.05) is 18.0 Å². The number of aromatic nitrogens is 2. The van der Waals surface area contributed by atoms with Crippen molar-refractivity contribution in [3.63, 3.8) is 0 Å². The fourth-order valence-corrected chi connectivity index (χ4v) is 1.08.